The average molecular weight is 565 g/mol. The van der Waals surface area contributed by atoms with E-state index >= 15 is 4.39 Å². The molecule has 1 N–H and O–H groups in total. The highest BCUT2D eigenvalue weighted by Crippen LogP contribution is 2.43. The predicted octanol–water partition coefficient (Wildman–Crippen LogP) is 6.58. The van der Waals surface area contributed by atoms with E-state index in [2.05, 4.69) is 14.9 Å². The van der Waals surface area contributed by atoms with Crippen molar-refractivity contribution < 1.29 is 23.0 Å². The number of aryl methyl sites for hydroxylation is 2. The zero-order chi connectivity index (χ0) is 29.1. The fourth-order valence-electron chi connectivity index (χ4n) is 6.91. The molecule has 9 heteroatoms. The number of anilines is 1. The van der Waals surface area contributed by atoms with Crippen molar-refractivity contribution in [3.05, 3.63) is 53.1 Å². The van der Waals surface area contributed by atoms with Crippen molar-refractivity contribution in [3.63, 3.8) is 0 Å². The maximum absolute atomic E-state index is 16.8. The Morgan fingerprint density at radius 3 is 2.66 bits per heavy atom. The number of benzene rings is 3. The summed E-state index contributed by atoms with van der Waals surface area (Å²) in [6.45, 7) is 5.24. The quantitative estimate of drug-likeness (QED) is 0.274. The first-order valence-corrected chi connectivity index (χ1v) is 14.3. The molecule has 3 heterocycles. The summed E-state index contributed by atoms with van der Waals surface area (Å²) in [5.41, 5.74) is 1.52. The van der Waals surface area contributed by atoms with Gasteiger partial charge >= 0.3 is 6.01 Å². The van der Waals surface area contributed by atoms with Crippen molar-refractivity contribution >= 4 is 27.5 Å². The molecule has 0 bridgehead atoms. The number of fused-ring (bicyclic) bond motifs is 3. The van der Waals surface area contributed by atoms with Crippen LogP contribution in [0.25, 0.3) is 32.8 Å². The third-order valence-corrected chi connectivity index (χ3v) is 8.78. The second-order valence-electron chi connectivity index (χ2n) is 11.5. The largest absolute Gasteiger partial charge is 0.508 e. The SMILES string of the molecule is CCc1cc2c(N(C)C)nc(OC[C@@]34CCCN3C[C@H](F)C4)nc2c(F)c1-c1cc(O)cc2ccc(F)c(CC)c12. The summed E-state index contributed by atoms with van der Waals surface area (Å²) in [6.07, 6.45) is 2.22. The monoisotopic (exact) mass is 564 g/mol. The van der Waals surface area contributed by atoms with E-state index in [1.54, 1.807) is 17.0 Å². The van der Waals surface area contributed by atoms with Crippen LogP contribution in [0.4, 0.5) is 19.0 Å². The van der Waals surface area contributed by atoms with Crippen LogP contribution < -0.4 is 9.64 Å². The molecule has 1 aromatic heterocycles. The number of hydrogen-bond donors (Lipinski definition) is 1. The minimum atomic E-state index is -0.892. The molecule has 0 radical (unpaired) electrons. The Morgan fingerprint density at radius 2 is 1.93 bits per heavy atom. The fraction of sp³-hybridized carbons (Fsp3) is 0.438. The van der Waals surface area contributed by atoms with Crippen LogP contribution in [-0.2, 0) is 12.8 Å². The number of ether oxygens (including phenoxy) is 1. The minimum Gasteiger partial charge on any atom is -0.508 e. The van der Waals surface area contributed by atoms with Crippen molar-refractivity contribution in [3.8, 4) is 22.9 Å². The maximum Gasteiger partial charge on any atom is 0.319 e. The summed E-state index contributed by atoms with van der Waals surface area (Å²) in [6, 6.07) is 7.94. The predicted molar refractivity (Wildman–Crippen MR) is 156 cm³/mol. The summed E-state index contributed by atoms with van der Waals surface area (Å²) in [7, 11) is 3.65. The highest BCUT2D eigenvalue weighted by molar-refractivity contribution is 6.04. The molecule has 0 spiro atoms. The van der Waals surface area contributed by atoms with Crippen LogP contribution in [0.1, 0.15) is 44.2 Å². The molecule has 216 valence electrons. The molecule has 41 heavy (non-hydrogen) atoms. The molecule has 4 aromatic rings. The van der Waals surface area contributed by atoms with Gasteiger partial charge in [-0.05, 0) is 84.0 Å². The summed E-state index contributed by atoms with van der Waals surface area (Å²) >= 11 is 0. The van der Waals surface area contributed by atoms with Crippen molar-refractivity contribution in [2.24, 2.45) is 0 Å². The molecule has 0 amide bonds. The highest BCUT2D eigenvalue weighted by atomic mass is 19.1. The van der Waals surface area contributed by atoms with Gasteiger partial charge in [0.1, 0.15) is 35.7 Å². The van der Waals surface area contributed by atoms with Gasteiger partial charge in [-0.25, -0.2) is 13.2 Å². The number of phenolic OH excluding ortho intramolecular Hbond substituents is 1. The van der Waals surface area contributed by atoms with Crippen LogP contribution in [0.15, 0.2) is 30.3 Å². The molecule has 0 aliphatic carbocycles. The minimum absolute atomic E-state index is 0.0277. The van der Waals surface area contributed by atoms with Crippen molar-refractivity contribution in [2.75, 3.05) is 38.7 Å². The summed E-state index contributed by atoms with van der Waals surface area (Å²) in [5, 5.41) is 12.3. The third kappa shape index (κ3) is 4.54. The lowest BCUT2D eigenvalue weighted by Gasteiger charge is -2.31. The second kappa shape index (κ2) is 10.4. The Morgan fingerprint density at radius 1 is 1.12 bits per heavy atom. The zero-order valence-corrected chi connectivity index (χ0v) is 23.9. The van der Waals surface area contributed by atoms with Crippen LogP contribution in [0.3, 0.4) is 0 Å². The van der Waals surface area contributed by atoms with Gasteiger partial charge in [0.15, 0.2) is 5.82 Å². The van der Waals surface area contributed by atoms with Gasteiger partial charge in [-0.1, -0.05) is 19.9 Å². The van der Waals surface area contributed by atoms with E-state index in [1.807, 2.05) is 34.0 Å². The van der Waals surface area contributed by atoms with Crippen LogP contribution in [0, 0.1) is 11.6 Å². The van der Waals surface area contributed by atoms with E-state index in [0.717, 1.165) is 19.4 Å². The Bertz CT molecular complexity index is 1660. The maximum atomic E-state index is 16.8. The number of alkyl halides is 1. The Hall–Kier alpha value is -3.59. The molecule has 6 nitrogen and oxygen atoms in total. The van der Waals surface area contributed by atoms with Crippen molar-refractivity contribution in [2.45, 2.75) is 57.7 Å². The van der Waals surface area contributed by atoms with E-state index in [4.69, 9.17) is 4.74 Å². The first kappa shape index (κ1) is 27.6. The topological polar surface area (TPSA) is 61.7 Å². The highest BCUT2D eigenvalue weighted by Gasteiger charge is 2.49. The standard InChI is InChI=1S/C32H35F3N4O2/c1-5-18-13-24-29(28(35)27(18)23-14-21(40)12-19-8-9-25(34)22(6-2)26(19)23)36-31(37-30(24)38(3)4)41-17-32-10-7-11-39(32)16-20(33)15-32/h8-9,12-14,20,40H,5-7,10-11,15-17H2,1-4H3/t20-,32+/m1/s1. The molecule has 0 saturated carbocycles. The van der Waals surface area contributed by atoms with E-state index in [9.17, 15) is 13.9 Å². The lowest BCUT2D eigenvalue weighted by atomic mass is 9.88. The number of nitrogens with zero attached hydrogens (tertiary/aromatic N) is 4. The Kier molecular flexibility index (Phi) is 6.96. The molecule has 3 aromatic carbocycles. The number of phenols is 1. The van der Waals surface area contributed by atoms with E-state index < -0.39 is 17.5 Å². The molecule has 2 aliphatic rings. The second-order valence-corrected chi connectivity index (χ2v) is 11.5. The van der Waals surface area contributed by atoms with Gasteiger partial charge in [-0.3, -0.25) is 4.90 Å². The van der Waals surface area contributed by atoms with Crippen LogP contribution in [-0.4, -0.2) is 65.5 Å². The summed E-state index contributed by atoms with van der Waals surface area (Å²) in [5.74, 6) is -0.492. The molecule has 6 rings (SSSR count). The number of aromatic nitrogens is 2. The normalized spacial score (nSPS) is 20.7. The Labute approximate surface area is 237 Å². The summed E-state index contributed by atoms with van der Waals surface area (Å²) in [4.78, 5) is 13.1. The number of hydrogen-bond acceptors (Lipinski definition) is 6. The smallest absolute Gasteiger partial charge is 0.319 e. The van der Waals surface area contributed by atoms with Crippen LogP contribution in [0.2, 0.25) is 0 Å². The van der Waals surface area contributed by atoms with Gasteiger partial charge in [0.2, 0.25) is 0 Å². The lowest BCUT2D eigenvalue weighted by Crippen LogP contribution is -2.43. The third-order valence-electron chi connectivity index (χ3n) is 8.78. The van der Waals surface area contributed by atoms with E-state index in [0.29, 0.717) is 64.5 Å². The number of aromatic hydroxyl groups is 1. The van der Waals surface area contributed by atoms with Gasteiger partial charge in [0.25, 0.3) is 0 Å². The molecule has 2 fully saturated rings. The number of rotatable bonds is 7. The van der Waals surface area contributed by atoms with E-state index in [1.165, 1.54) is 12.1 Å². The molecular weight excluding hydrogens is 529 g/mol. The first-order valence-electron chi connectivity index (χ1n) is 14.3. The molecule has 2 atom stereocenters. The lowest BCUT2D eigenvalue weighted by molar-refractivity contribution is 0.107. The fourth-order valence-corrected chi connectivity index (χ4v) is 6.91. The van der Waals surface area contributed by atoms with E-state index in [-0.39, 0.29) is 35.3 Å². The van der Waals surface area contributed by atoms with Gasteiger partial charge in [-0.2, -0.15) is 9.97 Å². The number of halogens is 3. The molecule has 2 aliphatic heterocycles. The molecular formula is C32H35F3N4O2. The van der Waals surface area contributed by atoms with Crippen LogP contribution in [0.5, 0.6) is 11.8 Å². The van der Waals surface area contributed by atoms with Crippen molar-refractivity contribution in [1.82, 2.24) is 14.9 Å². The summed E-state index contributed by atoms with van der Waals surface area (Å²) < 4.78 is 52.2. The van der Waals surface area contributed by atoms with Crippen molar-refractivity contribution in [1.29, 1.82) is 0 Å². The first-order chi connectivity index (χ1) is 19.7. The molecule has 0 unspecified atom stereocenters. The van der Waals surface area contributed by atoms with Gasteiger partial charge in [0.05, 0.1) is 5.54 Å². The van der Waals surface area contributed by atoms with Gasteiger partial charge in [0, 0.05) is 38.0 Å². The Balaban J connectivity index is 1.54. The molecule has 2 saturated heterocycles. The van der Waals surface area contributed by atoms with Gasteiger partial charge < -0.3 is 14.7 Å². The van der Waals surface area contributed by atoms with Gasteiger partial charge in [-0.15, -0.1) is 0 Å². The average Bonchev–Trinajstić information content (AvgIpc) is 3.47. The zero-order valence-electron chi connectivity index (χ0n) is 23.9. The van der Waals surface area contributed by atoms with Crippen LogP contribution >= 0.6 is 0 Å².